The van der Waals surface area contributed by atoms with Crippen LogP contribution in [0, 0.1) is 0 Å². The van der Waals surface area contributed by atoms with Crippen LogP contribution in [0.5, 0.6) is 5.75 Å². The predicted molar refractivity (Wildman–Crippen MR) is 65.0 cm³/mol. The van der Waals surface area contributed by atoms with E-state index >= 15 is 0 Å². The molecule has 0 radical (unpaired) electrons. The zero-order chi connectivity index (χ0) is 13.3. The predicted octanol–water partition coefficient (Wildman–Crippen LogP) is 3.34. The first-order valence-corrected chi connectivity index (χ1v) is 6.23. The summed E-state index contributed by atoms with van der Waals surface area (Å²) in [7, 11) is 0. The molecule has 1 heterocycles. The Morgan fingerprint density at radius 1 is 1.44 bits per heavy atom. The molecule has 0 fully saturated rings. The topological polar surface area (TPSA) is 47.6 Å². The fraction of sp³-hybridized carbons (Fsp3) is 0.300. The van der Waals surface area contributed by atoms with Gasteiger partial charge in [-0.25, -0.2) is 0 Å². The Morgan fingerprint density at radius 3 is 2.72 bits per heavy atom. The Bertz CT molecular complexity index is 493. The summed E-state index contributed by atoms with van der Waals surface area (Å²) in [6, 6.07) is 3.94. The van der Waals surface area contributed by atoms with Crippen LogP contribution in [-0.4, -0.2) is 17.3 Å². The average Bonchev–Trinajstić information content (AvgIpc) is 2.66. The normalized spacial score (nSPS) is 19.8. The van der Waals surface area contributed by atoms with Gasteiger partial charge in [0.05, 0.1) is 11.1 Å². The zero-order valence-corrected chi connectivity index (χ0v) is 10.4. The van der Waals surface area contributed by atoms with Gasteiger partial charge in [-0.2, -0.15) is 0 Å². The highest BCUT2D eigenvalue weighted by atomic mass is 35.5. The van der Waals surface area contributed by atoms with E-state index in [1.807, 2.05) is 0 Å². The van der Waals surface area contributed by atoms with Crippen molar-refractivity contribution in [2.24, 2.45) is 10.7 Å². The Hall–Kier alpha value is -1.08. The van der Waals surface area contributed by atoms with E-state index in [4.69, 9.17) is 17.3 Å². The number of alkyl halides is 3. The SMILES string of the molecule is NC1=NC(c2ccc(Cl)c(OC(F)(F)F)c2)CS1. The maximum absolute atomic E-state index is 12.2. The Morgan fingerprint density at radius 2 is 2.17 bits per heavy atom. The minimum Gasteiger partial charge on any atom is -0.404 e. The van der Waals surface area contributed by atoms with E-state index in [1.54, 1.807) is 6.07 Å². The van der Waals surface area contributed by atoms with E-state index in [0.717, 1.165) is 0 Å². The molecule has 0 spiro atoms. The summed E-state index contributed by atoms with van der Waals surface area (Å²) in [5, 5.41) is 0.326. The molecule has 2 rings (SSSR count). The third-order valence-corrected chi connectivity index (χ3v) is 3.43. The zero-order valence-electron chi connectivity index (χ0n) is 8.87. The van der Waals surface area contributed by atoms with Crippen LogP contribution in [0.2, 0.25) is 5.02 Å². The summed E-state index contributed by atoms with van der Waals surface area (Å²) in [4.78, 5) is 4.10. The Labute approximate surface area is 110 Å². The molecule has 2 N–H and O–H groups in total. The van der Waals surface area contributed by atoms with Gasteiger partial charge in [0.2, 0.25) is 0 Å². The molecule has 1 aliphatic rings. The molecule has 0 amide bonds. The van der Waals surface area contributed by atoms with Crippen LogP contribution < -0.4 is 10.5 Å². The van der Waals surface area contributed by atoms with E-state index in [0.29, 0.717) is 16.5 Å². The van der Waals surface area contributed by atoms with Crippen molar-refractivity contribution < 1.29 is 17.9 Å². The molecule has 0 aromatic heterocycles. The Kier molecular flexibility index (Phi) is 3.63. The van der Waals surface area contributed by atoms with Gasteiger partial charge in [0, 0.05) is 5.75 Å². The molecule has 0 aliphatic carbocycles. The maximum atomic E-state index is 12.2. The number of nitrogens with two attached hydrogens (primary N) is 1. The number of amidine groups is 1. The van der Waals surface area contributed by atoms with Crippen molar-refractivity contribution in [1.82, 2.24) is 0 Å². The monoisotopic (exact) mass is 296 g/mol. The van der Waals surface area contributed by atoms with Crippen molar-refractivity contribution in [3.05, 3.63) is 28.8 Å². The second-order valence-corrected chi connectivity index (χ2v) is 4.98. The average molecular weight is 297 g/mol. The van der Waals surface area contributed by atoms with Gasteiger partial charge in [-0.15, -0.1) is 13.2 Å². The first-order valence-electron chi connectivity index (χ1n) is 4.86. The van der Waals surface area contributed by atoms with Gasteiger partial charge >= 0.3 is 6.36 Å². The summed E-state index contributed by atoms with van der Waals surface area (Å²) in [6.45, 7) is 0. The van der Waals surface area contributed by atoms with Crippen LogP contribution in [0.25, 0.3) is 0 Å². The van der Waals surface area contributed by atoms with E-state index in [2.05, 4.69) is 9.73 Å². The first-order chi connectivity index (χ1) is 8.35. The smallest absolute Gasteiger partial charge is 0.404 e. The molecule has 1 unspecified atom stereocenters. The fourth-order valence-corrected chi connectivity index (χ4v) is 2.45. The molecule has 98 valence electrons. The van der Waals surface area contributed by atoms with Crippen molar-refractivity contribution in [2.45, 2.75) is 12.4 Å². The molecule has 1 aromatic carbocycles. The van der Waals surface area contributed by atoms with Gasteiger partial charge in [-0.3, -0.25) is 4.99 Å². The number of nitrogens with zero attached hydrogens (tertiary/aromatic N) is 1. The fourth-order valence-electron chi connectivity index (χ4n) is 1.49. The van der Waals surface area contributed by atoms with Gasteiger partial charge in [0.15, 0.2) is 5.17 Å². The van der Waals surface area contributed by atoms with E-state index in [-0.39, 0.29) is 11.1 Å². The third kappa shape index (κ3) is 3.23. The molecule has 8 heteroatoms. The molecule has 0 saturated heterocycles. The van der Waals surface area contributed by atoms with Crippen LogP contribution in [0.3, 0.4) is 0 Å². The number of ether oxygens (including phenoxy) is 1. The maximum Gasteiger partial charge on any atom is 0.573 e. The van der Waals surface area contributed by atoms with Gasteiger partial charge in [-0.05, 0) is 17.7 Å². The summed E-state index contributed by atoms with van der Waals surface area (Å²) in [5.41, 5.74) is 6.10. The molecule has 3 nitrogen and oxygen atoms in total. The molecule has 1 aliphatic heterocycles. The molecule has 1 atom stereocenters. The minimum absolute atomic E-state index is 0.0984. The van der Waals surface area contributed by atoms with E-state index < -0.39 is 12.1 Å². The van der Waals surface area contributed by atoms with Crippen molar-refractivity contribution in [3.8, 4) is 5.75 Å². The number of aliphatic imine (C=N–C) groups is 1. The summed E-state index contributed by atoms with van der Waals surface area (Å²) in [6.07, 6.45) is -4.77. The van der Waals surface area contributed by atoms with Gasteiger partial charge in [0.25, 0.3) is 0 Å². The highest BCUT2D eigenvalue weighted by molar-refractivity contribution is 8.14. The lowest BCUT2D eigenvalue weighted by Gasteiger charge is -2.13. The van der Waals surface area contributed by atoms with Crippen molar-refractivity contribution in [3.63, 3.8) is 0 Å². The van der Waals surface area contributed by atoms with Crippen LogP contribution in [0.1, 0.15) is 11.6 Å². The summed E-state index contributed by atoms with van der Waals surface area (Å²) < 4.78 is 40.3. The van der Waals surface area contributed by atoms with Gasteiger partial charge in [0.1, 0.15) is 5.75 Å². The van der Waals surface area contributed by atoms with Crippen LogP contribution in [0.15, 0.2) is 23.2 Å². The first kappa shape index (κ1) is 13.4. The molecule has 0 bridgehead atoms. The number of halogens is 4. The second-order valence-electron chi connectivity index (χ2n) is 3.53. The van der Waals surface area contributed by atoms with E-state index in [1.165, 1.54) is 23.9 Å². The van der Waals surface area contributed by atoms with Crippen LogP contribution in [-0.2, 0) is 0 Å². The van der Waals surface area contributed by atoms with Gasteiger partial charge in [-0.1, -0.05) is 29.4 Å². The number of hydrogen-bond donors (Lipinski definition) is 1. The van der Waals surface area contributed by atoms with E-state index in [9.17, 15) is 13.2 Å². The summed E-state index contributed by atoms with van der Waals surface area (Å²) in [5.74, 6) is 0.172. The molecule has 18 heavy (non-hydrogen) atoms. The van der Waals surface area contributed by atoms with Gasteiger partial charge < -0.3 is 10.5 Å². The van der Waals surface area contributed by atoms with Crippen LogP contribution >= 0.6 is 23.4 Å². The molecular formula is C10H8ClF3N2OS. The second kappa shape index (κ2) is 4.89. The molecule has 1 aromatic rings. The minimum atomic E-state index is -4.77. The van der Waals surface area contributed by atoms with Crippen LogP contribution in [0.4, 0.5) is 13.2 Å². The number of benzene rings is 1. The lowest BCUT2D eigenvalue weighted by Crippen LogP contribution is -2.17. The molecule has 0 saturated carbocycles. The highest BCUT2D eigenvalue weighted by Gasteiger charge is 2.32. The van der Waals surface area contributed by atoms with Crippen molar-refractivity contribution >= 4 is 28.5 Å². The molecular weight excluding hydrogens is 289 g/mol. The quantitative estimate of drug-likeness (QED) is 0.910. The highest BCUT2D eigenvalue weighted by Crippen LogP contribution is 2.35. The third-order valence-electron chi connectivity index (χ3n) is 2.24. The lowest BCUT2D eigenvalue weighted by atomic mass is 10.1. The standard InChI is InChI=1S/C10H8ClF3N2OS/c11-6-2-1-5(7-4-18-9(15)16-7)3-8(6)17-10(12,13)14/h1-3,7H,4H2,(H2,15,16). The number of rotatable bonds is 2. The largest absolute Gasteiger partial charge is 0.573 e. The summed E-state index contributed by atoms with van der Waals surface area (Å²) >= 11 is 7.00. The lowest BCUT2D eigenvalue weighted by molar-refractivity contribution is -0.274. The number of hydrogen-bond acceptors (Lipinski definition) is 4. The number of thioether (sulfide) groups is 1. The van der Waals surface area contributed by atoms with Crippen molar-refractivity contribution in [2.75, 3.05) is 5.75 Å². The Balaban J connectivity index is 2.26. The van der Waals surface area contributed by atoms with Crippen molar-refractivity contribution in [1.29, 1.82) is 0 Å².